The average molecular weight is 757 g/mol. The van der Waals surface area contributed by atoms with Gasteiger partial charge >= 0.3 is 12.1 Å². The minimum absolute atomic E-state index is 0.0228. The molecule has 2 unspecified atom stereocenters. The topological polar surface area (TPSA) is 160 Å². The molecule has 12 nitrogen and oxygen atoms in total. The van der Waals surface area contributed by atoms with Gasteiger partial charge < -0.3 is 30.1 Å². The Morgan fingerprint density at radius 1 is 1.04 bits per heavy atom. The Morgan fingerprint density at radius 3 is 2.41 bits per heavy atom. The largest absolute Gasteiger partial charge is 0.479 e. The Balaban J connectivity index is 1.32. The van der Waals surface area contributed by atoms with Crippen molar-refractivity contribution in [1.29, 1.82) is 0 Å². The maximum Gasteiger partial charge on any atom is 0.408 e. The van der Waals surface area contributed by atoms with Crippen LogP contribution in [-0.4, -0.2) is 79.7 Å². The summed E-state index contributed by atoms with van der Waals surface area (Å²) >= 11 is 5.00. The molecule has 0 bridgehead atoms. The lowest BCUT2D eigenvalue weighted by Crippen LogP contribution is -2.56. The first-order chi connectivity index (χ1) is 23.3. The molecule has 49 heavy (non-hydrogen) atoms. The summed E-state index contributed by atoms with van der Waals surface area (Å²) in [6.07, 6.45) is 4.36. The lowest BCUT2D eigenvalue weighted by molar-refractivity contribution is -0.146. The number of nitrogens with one attached hydrogen (secondary N) is 2. The molecule has 3 aliphatic rings. The number of rotatable bonds is 5. The number of hydrogen-bond donors (Lipinski definition) is 3. The van der Waals surface area contributed by atoms with Gasteiger partial charge in [0.25, 0.3) is 0 Å². The average Bonchev–Trinajstić information content (AvgIpc) is 3.32. The monoisotopic (exact) mass is 755 g/mol. The summed E-state index contributed by atoms with van der Waals surface area (Å²) in [7, 11) is 0. The van der Waals surface area contributed by atoms with Crippen molar-refractivity contribution in [3.63, 3.8) is 0 Å². The first kappa shape index (κ1) is 35.1. The number of fused-ring (bicyclic) bond motifs is 3. The third kappa shape index (κ3) is 8.01. The van der Waals surface area contributed by atoms with Gasteiger partial charge in [-0.25, -0.2) is 19.6 Å². The fourth-order valence-corrected chi connectivity index (χ4v) is 8.19. The van der Waals surface area contributed by atoms with Gasteiger partial charge in [-0.05, 0) is 86.1 Å². The van der Waals surface area contributed by atoms with Crippen LogP contribution in [0.3, 0.4) is 0 Å². The Hall–Kier alpha value is -3.78. The van der Waals surface area contributed by atoms with E-state index in [0.717, 1.165) is 34.3 Å². The zero-order chi connectivity index (χ0) is 34.9. The van der Waals surface area contributed by atoms with Crippen molar-refractivity contribution in [2.24, 2.45) is 5.92 Å². The number of carboxylic acids is 1. The van der Waals surface area contributed by atoms with Crippen molar-refractivity contribution >= 4 is 62.2 Å². The van der Waals surface area contributed by atoms with Crippen LogP contribution in [-0.2, 0) is 19.1 Å². The molecule has 4 heterocycles. The normalized spacial score (nSPS) is 26.5. The minimum atomic E-state index is -1.36. The highest BCUT2D eigenvalue weighted by atomic mass is 79.9. The van der Waals surface area contributed by atoms with Gasteiger partial charge in [-0.3, -0.25) is 9.59 Å². The molecule has 0 radical (unpaired) electrons. The molecule has 1 aliphatic carbocycles. The lowest BCUT2D eigenvalue weighted by atomic mass is 10.0. The van der Waals surface area contributed by atoms with Crippen molar-refractivity contribution < 1.29 is 33.8 Å². The Bertz CT molecular complexity index is 1740. The third-order valence-electron chi connectivity index (χ3n) is 9.34. The number of ether oxygens (including phenoxy) is 2. The van der Waals surface area contributed by atoms with Crippen molar-refractivity contribution in [2.45, 2.75) is 108 Å². The molecule has 2 aromatic heterocycles. The number of thiophene rings is 1. The highest BCUT2D eigenvalue weighted by molar-refractivity contribution is 9.11. The highest BCUT2D eigenvalue weighted by Gasteiger charge is 2.62. The molecule has 3 aromatic rings. The van der Waals surface area contributed by atoms with Crippen molar-refractivity contribution in [3.05, 3.63) is 40.2 Å². The zero-order valence-electron chi connectivity index (χ0n) is 27.9. The highest BCUT2D eigenvalue weighted by Crippen LogP contribution is 2.47. The second kappa shape index (κ2) is 14.2. The molecule has 262 valence electrons. The predicted octanol–water partition coefficient (Wildman–Crippen LogP) is 6.07. The number of carboxylic acid groups (broad SMARTS) is 1. The van der Waals surface area contributed by atoms with Gasteiger partial charge in [-0.15, -0.1) is 11.3 Å². The maximum atomic E-state index is 14.4. The molecule has 5 atom stereocenters. The van der Waals surface area contributed by atoms with E-state index >= 15 is 0 Å². The van der Waals surface area contributed by atoms with E-state index in [4.69, 9.17) is 19.4 Å². The summed E-state index contributed by atoms with van der Waals surface area (Å²) in [5.41, 5.74) is -0.280. The SMILES string of the molecule is CC(C)(C)OC(=O)N[C@H]1CCCCCCCC2CC2(C(=O)O)NC(=O)[C@@H]2C[C@@H](Oc3nc4ccccc4nc3-c3ccc(Br)s3)CN2C1=O. The maximum absolute atomic E-state index is 14.4. The van der Waals surface area contributed by atoms with Gasteiger partial charge in [0.1, 0.15) is 35.0 Å². The lowest BCUT2D eigenvalue weighted by Gasteiger charge is -2.30. The number of aliphatic carboxylic acids is 1. The minimum Gasteiger partial charge on any atom is -0.479 e. The van der Waals surface area contributed by atoms with E-state index in [0.29, 0.717) is 42.4 Å². The van der Waals surface area contributed by atoms with Gasteiger partial charge in [0.15, 0.2) is 0 Å². The number of aromatic nitrogens is 2. The summed E-state index contributed by atoms with van der Waals surface area (Å²) in [5.74, 6) is -1.97. The fraction of sp³-hybridized carbons (Fsp3) is 0.543. The van der Waals surface area contributed by atoms with E-state index < -0.39 is 53.2 Å². The molecule has 2 aliphatic heterocycles. The zero-order valence-corrected chi connectivity index (χ0v) is 30.3. The van der Waals surface area contributed by atoms with E-state index in [-0.39, 0.29) is 24.8 Å². The number of halogens is 1. The number of amides is 3. The van der Waals surface area contributed by atoms with Crippen LogP contribution in [0.2, 0.25) is 0 Å². The molecule has 1 aromatic carbocycles. The van der Waals surface area contributed by atoms with Crippen LogP contribution >= 0.6 is 27.3 Å². The summed E-state index contributed by atoms with van der Waals surface area (Å²) in [4.78, 5) is 65.7. The number of nitrogens with zero attached hydrogens (tertiary/aromatic N) is 3. The standard InChI is InChI=1S/C35H42BrN5O7S/c1-34(2,3)48-33(46)39-24-14-8-6-4-5-7-11-20-18-35(20,32(44)45)40-29(42)25-17-21(19-41(25)31(24)43)47-30-28(26-15-16-27(36)49-26)37-22-12-9-10-13-23(22)38-30/h9-10,12-13,15-16,20-21,24-25H,4-8,11,14,17-19H2,1-3H3,(H,39,46)(H,40,42)(H,44,45)/t20?,21-,24+,25+,35?/m1/s1. The summed E-state index contributed by atoms with van der Waals surface area (Å²) in [6, 6.07) is 9.30. The molecule has 1 saturated carbocycles. The predicted molar refractivity (Wildman–Crippen MR) is 187 cm³/mol. The number of carbonyl (C=O) groups excluding carboxylic acids is 3. The van der Waals surface area contributed by atoms with Gasteiger partial charge in [-0.2, -0.15) is 0 Å². The Kier molecular flexibility index (Phi) is 10.2. The van der Waals surface area contributed by atoms with E-state index in [1.807, 2.05) is 36.4 Å². The van der Waals surface area contributed by atoms with E-state index in [1.54, 1.807) is 20.8 Å². The fourth-order valence-electron chi connectivity index (χ4n) is 6.83. The van der Waals surface area contributed by atoms with E-state index in [9.17, 15) is 24.3 Å². The van der Waals surface area contributed by atoms with E-state index in [2.05, 4.69) is 26.6 Å². The molecular weight excluding hydrogens is 714 g/mol. The van der Waals surface area contributed by atoms with Gasteiger partial charge in [0, 0.05) is 6.42 Å². The van der Waals surface area contributed by atoms with Crippen LogP contribution in [0, 0.1) is 5.92 Å². The molecule has 3 fully saturated rings. The smallest absolute Gasteiger partial charge is 0.408 e. The molecular formula is C35H42BrN5O7S. The summed E-state index contributed by atoms with van der Waals surface area (Å²) in [6.45, 7) is 5.26. The van der Waals surface area contributed by atoms with Crippen LogP contribution < -0.4 is 15.4 Å². The van der Waals surface area contributed by atoms with E-state index in [1.165, 1.54) is 16.2 Å². The molecule has 0 spiro atoms. The number of alkyl carbamates (subject to hydrolysis) is 1. The Morgan fingerprint density at radius 2 is 1.73 bits per heavy atom. The molecule has 2 saturated heterocycles. The van der Waals surface area contributed by atoms with Crippen LogP contribution in [0.25, 0.3) is 21.6 Å². The first-order valence-corrected chi connectivity index (χ1v) is 18.5. The number of carbonyl (C=O) groups is 4. The van der Waals surface area contributed by atoms with Gasteiger partial charge in [0.05, 0.1) is 26.2 Å². The molecule has 3 amide bonds. The van der Waals surface area contributed by atoms with Crippen LogP contribution in [0.1, 0.15) is 78.6 Å². The van der Waals surface area contributed by atoms with Crippen molar-refractivity contribution in [3.8, 4) is 16.5 Å². The third-order valence-corrected chi connectivity index (χ3v) is 11.0. The van der Waals surface area contributed by atoms with Crippen molar-refractivity contribution in [2.75, 3.05) is 6.54 Å². The number of para-hydroxylation sites is 2. The van der Waals surface area contributed by atoms with Gasteiger partial charge in [0.2, 0.25) is 17.7 Å². The quantitative estimate of drug-likeness (QED) is 0.281. The number of benzene rings is 1. The van der Waals surface area contributed by atoms with Crippen LogP contribution in [0.4, 0.5) is 4.79 Å². The van der Waals surface area contributed by atoms with Gasteiger partial charge in [-0.1, -0.05) is 44.2 Å². The number of hydrogen-bond acceptors (Lipinski definition) is 9. The van der Waals surface area contributed by atoms with Crippen molar-refractivity contribution in [1.82, 2.24) is 25.5 Å². The van der Waals surface area contributed by atoms with Crippen LogP contribution in [0.5, 0.6) is 5.88 Å². The first-order valence-electron chi connectivity index (χ1n) is 16.9. The molecule has 14 heteroatoms. The summed E-state index contributed by atoms with van der Waals surface area (Å²) < 4.78 is 12.9. The molecule has 6 rings (SSSR count). The van der Waals surface area contributed by atoms with Crippen LogP contribution in [0.15, 0.2) is 40.2 Å². The second-order valence-electron chi connectivity index (χ2n) is 14.2. The Labute approximate surface area is 297 Å². The molecule has 3 N–H and O–H groups in total. The second-order valence-corrected chi connectivity index (χ2v) is 16.6. The summed E-state index contributed by atoms with van der Waals surface area (Å²) in [5, 5.41) is 15.8.